The Kier molecular flexibility index (Phi) is 4.18. The molecule has 0 radical (unpaired) electrons. The molecule has 0 aliphatic heterocycles. The van der Waals surface area contributed by atoms with Crippen molar-refractivity contribution in [1.82, 2.24) is 0 Å². The molecule has 2 heteroatoms. The summed E-state index contributed by atoms with van der Waals surface area (Å²) in [4.78, 5) is 12.8. The van der Waals surface area contributed by atoms with Crippen LogP contribution in [-0.4, -0.2) is 5.91 Å². The number of carbonyl (C=O) groups is 1. The van der Waals surface area contributed by atoms with Crippen molar-refractivity contribution in [2.75, 3.05) is 5.32 Å². The molecule has 1 amide bonds. The minimum atomic E-state index is 0.243. The average molecular weight is 325 g/mol. The molecule has 0 spiro atoms. The number of anilines is 1. The van der Waals surface area contributed by atoms with Crippen molar-refractivity contribution in [2.45, 2.75) is 71.1 Å². The second-order valence-electron chi connectivity index (χ2n) is 9.04. The van der Waals surface area contributed by atoms with Crippen LogP contribution in [0.2, 0.25) is 0 Å². The maximum absolute atomic E-state index is 12.8. The van der Waals surface area contributed by atoms with E-state index < -0.39 is 0 Å². The summed E-state index contributed by atoms with van der Waals surface area (Å²) in [5.41, 5.74) is 2.63. The lowest BCUT2D eigenvalue weighted by molar-refractivity contribution is -0.124. The van der Waals surface area contributed by atoms with Crippen LogP contribution >= 0.6 is 0 Å². The topological polar surface area (TPSA) is 29.1 Å². The van der Waals surface area contributed by atoms with Gasteiger partial charge in [-0.25, -0.2) is 0 Å². The number of rotatable bonds is 5. The Morgan fingerprint density at radius 1 is 1.12 bits per heavy atom. The van der Waals surface area contributed by atoms with E-state index in [2.05, 4.69) is 37.4 Å². The summed E-state index contributed by atoms with van der Waals surface area (Å²) in [5, 5.41) is 3.26. The third-order valence-electron chi connectivity index (χ3n) is 7.08. The van der Waals surface area contributed by atoms with Crippen molar-refractivity contribution < 1.29 is 4.79 Å². The van der Waals surface area contributed by atoms with E-state index in [9.17, 15) is 4.79 Å². The van der Waals surface area contributed by atoms with Gasteiger partial charge in [-0.1, -0.05) is 32.0 Å². The molecule has 1 N–H and O–H groups in total. The summed E-state index contributed by atoms with van der Waals surface area (Å²) in [5.74, 6) is 3.47. The fraction of sp³-hybridized carbons (Fsp3) is 0.682. The molecule has 0 heterocycles. The molecule has 4 saturated carbocycles. The zero-order valence-corrected chi connectivity index (χ0v) is 15.2. The number of hydrogen-bond acceptors (Lipinski definition) is 1. The molecule has 1 aromatic rings. The molecule has 5 rings (SSSR count). The van der Waals surface area contributed by atoms with Crippen molar-refractivity contribution in [3.05, 3.63) is 29.8 Å². The number of para-hydroxylation sites is 1. The van der Waals surface area contributed by atoms with Gasteiger partial charge in [0.1, 0.15) is 0 Å². The highest BCUT2D eigenvalue weighted by Gasteiger charge is 2.51. The Labute approximate surface area is 146 Å². The van der Waals surface area contributed by atoms with Crippen LogP contribution in [0.15, 0.2) is 24.3 Å². The van der Waals surface area contributed by atoms with Crippen molar-refractivity contribution in [1.29, 1.82) is 0 Å². The molecule has 4 aliphatic carbocycles. The normalized spacial score (nSPS) is 35.0. The van der Waals surface area contributed by atoms with Crippen LogP contribution in [0.5, 0.6) is 0 Å². The highest BCUT2D eigenvalue weighted by atomic mass is 16.1. The number of amides is 1. The van der Waals surface area contributed by atoms with E-state index in [4.69, 9.17) is 0 Å². The fourth-order valence-electron chi connectivity index (χ4n) is 6.30. The van der Waals surface area contributed by atoms with Gasteiger partial charge in [-0.2, -0.15) is 0 Å². The molecule has 4 fully saturated rings. The van der Waals surface area contributed by atoms with Gasteiger partial charge in [0.2, 0.25) is 5.91 Å². The van der Waals surface area contributed by atoms with E-state index in [0.29, 0.717) is 11.3 Å². The van der Waals surface area contributed by atoms with Crippen molar-refractivity contribution in [3.63, 3.8) is 0 Å². The minimum absolute atomic E-state index is 0.243. The summed E-state index contributed by atoms with van der Waals surface area (Å²) in [6, 6.07) is 8.34. The van der Waals surface area contributed by atoms with Gasteiger partial charge in [-0.15, -0.1) is 0 Å². The Morgan fingerprint density at radius 3 is 2.29 bits per heavy atom. The Balaban J connectivity index is 1.46. The molecule has 24 heavy (non-hydrogen) atoms. The Hall–Kier alpha value is -1.31. The van der Waals surface area contributed by atoms with Crippen molar-refractivity contribution in [3.8, 4) is 0 Å². The van der Waals surface area contributed by atoms with E-state index in [1.165, 1.54) is 44.1 Å². The summed E-state index contributed by atoms with van der Waals surface area (Å²) >= 11 is 0. The predicted molar refractivity (Wildman–Crippen MR) is 99.0 cm³/mol. The monoisotopic (exact) mass is 325 g/mol. The summed E-state index contributed by atoms with van der Waals surface area (Å²) in [6.07, 6.45) is 10.1. The highest BCUT2D eigenvalue weighted by Crippen LogP contribution is 2.61. The largest absolute Gasteiger partial charge is 0.326 e. The molecular weight excluding hydrogens is 294 g/mol. The van der Waals surface area contributed by atoms with Crippen LogP contribution in [0.25, 0.3) is 0 Å². The lowest BCUT2D eigenvalue weighted by Crippen LogP contribution is -2.47. The smallest absolute Gasteiger partial charge is 0.224 e. The molecule has 0 saturated heterocycles. The van der Waals surface area contributed by atoms with Crippen molar-refractivity contribution in [2.24, 2.45) is 23.2 Å². The highest BCUT2D eigenvalue weighted by molar-refractivity contribution is 5.92. The summed E-state index contributed by atoms with van der Waals surface area (Å²) in [7, 11) is 0. The maximum atomic E-state index is 12.8. The zero-order valence-electron chi connectivity index (χ0n) is 15.2. The van der Waals surface area contributed by atoms with E-state index in [1.807, 2.05) is 6.07 Å². The van der Waals surface area contributed by atoms with E-state index >= 15 is 0 Å². The van der Waals surface area contributed by atoms with Gasteiger partial charge in [0.05, 0.1) is 0 Å². The van der Waals surface area contributed by atoms with Crippen LogP contribution < -0.4 is 5.32 Å². The molecule has 4 bridgehead atoms. The number of carbonyl (C=O) groups excluding carboxylic acids is 1. The summed E-state index contributed by atoms with van der Waals surface area (Å²) < 4.78 is 0. The second kappa shape index (κ2) is 6.20. The Morgan fingerprint density at radius 2 is 1.71 bits per heavy atom. The molecule has 0 unspecified atom stereocenters. The quantitative estimate of drug-likeness (QED) is 0.734. The summed E-state index contributed by atoms with van der Waals surface area (Å²) in [6.45, 7) is 4.45. The number of nitrogens with one attached hydrogen (secondary N) is 1. The molecule has 4 aliphatic rings. The molecule has 130 valence electrons. The first-order chi connectivity index (χ1) is 11.6. The van der Waals surface area contributed by atoms with Crippen LogP contribution in [-0.2, 0) is 4.79 Å². The van der Waals surface area contributed by atoms with Gasteiger partial charge in [0.25, 0.3) is 0 Å². The third kappa shape index (κ3) is 3.00. The van der Waals surface area contributed by atoms with Gasteiger partial charge in [-0.05, 0) is 85.7 Å². The van der Waals surface area contributed by atoms with E-state index in [0.717, 1.165) is 36.3 Å². The fourth-order valence-corrected chi connectivity index (χ4v) is 6.30. The zero-order chi connectivity index (χ0) is 16.7. The third-order valence-corrected chi connectivity index (χ3v) is 7.08. The van der Waals surface area contributed by atoms with E-state index in [-0.39, 0.29) is 5.91 Å². The van der Waals surface area contributed by atoms with E-state index in [1.54, 1.807) is 0 Å². The lowest BCUT2D eigenvalue weighted by Gasteiger charge is -2.56. The number of benzene rings is 1. The molecule has 1 aromatic carbocycles. The van der Waals surface area contributed by atoms with Gasteiger partial charge < -0.3 is 5.32 Å². The van der Waals surface area contributed by atoms with Gasteiger partial charge in [-0.3, -0.25) is 4.79 Å². The van der Waals surface area contributed by atoms with Crippen molar-refractivity contribution >= 4 is 11.6 Å². The first-order valence-electron chi connectivity index (χ1n) is 9.95. The molecule has 2 nitrogen and oxygen atoms in total. The van der Waals surface area contributed by atoms with Crippen LogP contribution in [0.3, 0.4) is 0 Å². The maximum Gasteiger partial charge on any atom is 0.224 e. The van der Waals surface area contributed by atoms with Crippen LogP contribution in [0.4, 0.5) is 5.69 Å². The predicted octanol–water partition coefficient (Wildman–Crippen LogP) is 5.75. The first-order valence-corrected chi connectivity index (χ1v) is 9.95. The Bertz CT molecular complexity index is 585. The molecule has 1 atom stereocenters. The van der Waals surface area contributed by atoms with Gasteiger partial charge >= 0.3 is 0 Å². The lowest BCUT2D eigenvalue weighted by atomic mass is 9.49. The number of hydrogen-bond donors (Lipinski definition) is 1. The minimum Gasteiger partial charge on any atom is -0.326 e. The standard InChI is InChI=1S/C22H31NO/c1-3-15(2)19-6-4-5-7-20(19)23-21(24)14-22-11-16-8-17(12-22)10-18(9-16)13-22/h4-7,15-18H,3,8-14H2,1-2H3,(H,23,24)/t15-,16?,17?,18?,22?/m1/s1. The molecule has 0 aromatic heterocycles. The SMILES string of the molecule is CC[C@@H](C)c1ccccc1NC(=O)CC12CC3CC(CC(C3)C1)C2. The first kappa shape index (κ1) is 16.2. The van der Waals surface area contributed by atoms with Gasteiger partial charge in [0, 0.05) is 12.1 Å². The molecular formula is C22H31NO. The second-order valence-corrected chi connectivity index (χ2v) is 9.04. The van der Waals surface area contributed by atoms with Crippen LogP contribution in [0, 0.1) is 23.2 Å². The average Bonchev–Trinajstić information content (AvgIpc) is 2.52. The van der Waals surface area contributed by atoms with Crippen LogP contribution in [0.1, 0.15) is 76.7 Å². The van der Waals surface area contributed by atoms with Gasteiger partial charge in [0.15, 0.2) is 0 Å².